The Kier molecular flexibility index (Phi) is 10.8. The fourth-order valence-corrected chi connectivity index (χ4v) is 2.89. The quantitative estimate of drug-likeness (QED) is 0.351. The van der Waals surface area contributed by atoms with Gasteiger partial charge >= 0.3 is 0 Å². The number of benzene rings is 2. The maximum atomic E-state index is 5.87. The van der Waals surface area contributed by atoms with Gasteiger partial charge in [-0.3, -0.25) is 0 Å². The minimum atomic E-state index is 0.762. The number of hydrogen-bond donors (Lipinski definition) is 2. The van der Waals surface area contributed by atoms with Gasteiger partial charge in [-0.05, 0) is 49.2 Å². The fourth-order valence-electron chi connectivity index (χ4n) is 2.89. The van der Waals surface area contributed by atoms with E-state index in [1.807, 2.05) is 24.3 Å². The molecule has 0 aliphatic carbocycles. The van der Waals surface area contributed by atoms with Crippen LogP contribution in [0.15, 0.2) is 48.5 Å². The second-order valence-electron chi connectivity index (χ2n) is 7.02. The first-order valence-corrected chi connectivity index (χ1v) is 10.7. The smallest absolute Gasteiger partial charge is 0.121 e. The average molecular weight is 385 g/mol. The van der Waals surface area contributed by atoms with Gasteiger partial charge in [-0.2, -0.15) is 0 Å². The van der Waals surface area contributed by atoms with E-state index in [4.69, 9.17) is 9.47 Å². The monoisotopic (exact) mass is 384 g/mol. The SMILES string of the molecule is CCCCCCCOc1cccc(NCCNc2ccc(OCCC)cc2)c1. The molecule has 2 aromatic carbocycles. The fraction of sp³-hybridized carbons (Fsp3) is 0.500. The van der Waals surface area contributed by atoms with Crippen molar-refractivity contribution in [3.8, 4) is 11.5 Å². The molecule has 28 heavy (non-hydrogen) atoms. The summed E-state index contributed by atoms with van der Waals surface area (Å²) >= 11 is 0. The molecule has 0 aliphatic heterocycles. The van der Waals surface area contributed by atoms with Crippen LogP contribution in [0.25, 0.3) is 0 Å². The molecule has 2 aromatic rings. The largest absolute Gasteiger partial charge is 0.494 e. The van der Waals surface area contributed by atoms with Gasteiger partial charge in [0.2, 0.25) is 0 Å². The van der Waals surface area contributed by atoms with Gasteiger partial charge in [0.25, 0.3) is 0 Å². The Morgan fingerprint density at radius 2 is 1.36 bits per heavy atom. The van der Waals surface area contributed by atoms with Crippen molar-refractivity contribution < 1.29 is 9.47 Å². The summed E-state index contributed by atoms with van der Waals surface area (Å²) < 4.78 is 11.5. The molecule has 0 aliphatic rings. The lowest BCUT2D eigenvalue weighted by Gasteiger charge is -2.11. The summed E-state index contributed by atoms with van der Waals surface area (Å²) in [6, 6.07) is 16.3. The van der Waals surface area contributed by atoms with Crippen LogP contribution in [0.5, 0.6) is 11.5 Å². The van der Waals surface area contributed by atoms with Gasteiger partial charge in [0.05, 0.1) is 13.2 Å². The Balaban J connectivity index is 1.63. The first-order valence-electron chi connectivity index (χ1n) is 10.7. The maximum absolute atomic E-state index is 5.87. The first-order chi connectivity index (χ1) is 13.8. The second-order valence-corrected chi connectivity index (χ2v) is 7.02. The molecule has 0 heterocycles. The van der Waals surface area contributed by atoms with E-state index in [0.29, 0.717) is 0 Å². The molecular weight excluding hydrogens is 348 g/mol. The van der Waals surface area contributed by atoms with Crippen molar-refractivity contribution in [2.24, 2.45) is 0 Å². The third-order valence-electron chi connectivity index (χ3n) is 4.46. The summed E-state index contributed by atoms with van der Waals surface area (Å²) in [7, 11) is 0. The van der Waals surface area contributed by atoms with Crippen LogP contribution in [0.2, 0.25) is 0 Å². The lowest BCUT2D eigenvalue weighted by atomic mass is 10.2. The molecule has 4 nitrogen and oxygen atoms in total. The van der Waals surface area contributed by atoms with Crippen molar-refractivity contribution >= 4 is 11.4 Å². The summed E-state index contributed by atoms with van der Waals surface area (Å²) in [6.07, 6.45) is 7.32. The number of rotatable bonds is 15. The summed E-state index contributed by atoms with van der Waals surface area (Å²) in [5, 5.41) is 6.87. The topological polar surface area (TPSA) is 42.5 Å². The van der Waals surface area contributed by atoms with Crippen LogP contribution < -0.4 is 20.1 Å². The molecule has 0 spiro atoms. The maximum Gasteiger partial charge on any atom is 0.121 e. The predicted octanol–water partition coefficient (Wildman–Crippen LogP) is 6.35. The van der Waals surface area contributed by atoms with Crippen LogP contribution in [-0.4, -0.2) is 26.3 Å². The van der Waals surface area contributed by atoms with Crippen LogP contribution in [-0.2, 0) is 0 Å². The molecule has 0 aromatic heterocycles. The Morgan fingerprint density at radius 3 is 2.11 bits per heavy atom. The lowest BCUT2D eigenvalue weighted by Crippen LogP contribution is -2.13. The van der Waals surface area contributed by atoms with E-state index in [1.165, 1.54) is 25.7 Å². The lowest BCUT2D eigenvalue weighted by molar-refractivity contribution is 0.304. The van der Waals surface area contributed by atoms with E-state index in [9.17, 15) is 0 Å². The zero-order valence-corrected chi connectivity index (χ0v) is 17.5. The summed E-state index contributed by atoms with van der Waals surface area (Å²) in [4.78, 5) is 0. The van der Waals surface area contributed by atoms with E-state index in [-0.39, 0.29) is 0 Å². The number of hydrogen-bond acceptors (Lipinski definition) is 4. The van der Waals surface area contributed by atoms with E-state index >= 15 is 0 Å². The van der Waals surface area contributed by atoms with Crippen LogP contribution in [0, 0.1) is 0 Å². The highest BCUT2D eigenvalue weighted by Crippen LogP contribution is 2.18. The van der Waals surface area contributed by atoms with Crippen molar-refractivity contribution in [3.63, 3.8) is 0 Å². The Morgan fingerprint density at radius 1 is 0.643 bits per heavy atom. The Hall–Kier alpha value is -2.36. The molecule has 0 saturated carbocycles. The zero-order valence-electron chi connectivity index (χ0n) is 17.5. The van der Waals surface area contributed by atoms with E-state index < -0.39 is 0 Å². The van der Waals surface area contributed by atoms with Crippen LogP contribution in [0.1, 0.15) is 52.4 Å². The molecule has 0 radical (unpaired) electrons. The van der Waals surface area contributed by atoms with Crippen molar-refractivity contribution in [2.75, 3.05) is 36.9 Å². The second kappa shape index (κ2) is 13.8. The minimum absolute atomic E-state index is 0.762. The van der Waals surface area contributed by atoms with Gasteiger partial charge in [0.15, 0.2) is 0 Å². The minimum Gasteiger partial charge on any atom is -0.494 e. The van der Waals surface area contributed by atoms with Gasteiger partial charge in [0.1, 0.15) is 11.5 Å². The Bertz CT molecular complexity index is 643. The molecule has 2 N–H and O–H groups in total. The molecule has 0 amide bonds. The predicted molar refractivity (Wildman–Crippen MR) is 120 cm³/mol. The summed E-state index contributed by atoms with van der Waals surface area (Å²) in [6.45, 7) is 7.60. The van der Waals surface area contributed by atoms with Gasteiger partial charge in [-0.1, -0.05) is 45.6 Å². The van der Waals surface area contributed by atoms with E-state index in [0.717, 1.165) is 62.0 Å². The molecule has 0 fully saturated rings. The molecule has 154 valence electrons. The third kappa shape index (κ3) is 9.03. The highest BCUT2D eigenvalue weighted by Gasteiger charge is 1.98. The van der Waals surface area contributed by atoms with Gasteiger partial charge in [0, 0.05) is 30.5 Å². The van der Waals surface area contributed by atoms with E-state index in [2.05, 4.69) is 48.7 Å². The first kappa shape index (κ1) is 21.9. The van der Waals surface area contributed by atoms with Crippen LogP contribution >= 0.6 is 0 Å². The molecule has 0 bridgehead atoms. The highest BCUT2D eigenvalue weighted by atomic mass is 16.5. The van der Waals surface area contributed by atoms with Crippen molar-refractivity contribution in [1.82, 2.24) is 0 Å². The van der Waals surface area contributed by atoms with Gasteiger partial charge < -0.3 is 20.1 Å². The zero-order chi connectivity index (χ0) is 19.9. The van der Waals surface area contributed by atoms with Gasteiger partial charge in [-0.25, -0.2) is 0 Å². The van der Waals surface area contributed by atoms with Crippen molar-refractivity contribution in [3.05, 3.63) is 48.5 Å². The summed E-state index contributed by atoms with van der Waals surface area (Å²) in [5.74, 6) is 1.86. The normalized spacial score (nSPS) is 10.5. The molecule has 0 atom stereocenters. The standard InChI is InChI=1S/C24H36N2O2/c1-3-5-6-7-8-19-28-24-11-9-10-22(20-24)26-17-16-25-21-12-14-23(15-13-21)27-18-4-2/h9-15,20,25-26H,3-8,16-19H2,1-2H3. The van der Waals surface area contributed by atoms with Crippen molar-refractivity contribution in [1.29, 1.82) is 0 Å². The van der Waals surface area contributed by atoms with Gasteiger partial charge in [-0.15, -0.1) is 0 Å². The molecule has 0 saturated heterocycles. The van der Waals surface area contributed by atoms with Crippen LogP contribution in [0.3, 0.4) is 0 Å². The number of ether oxygens (including phenoxy) is 2. The Labute approximate surface area is 170 Å². The molecule has 0 unspecified atom stereocenters. The highest BCUT2D eigenvalue weighted by molar-refractivity contribution is 5.49. The average Bonchev–Trinajstić information content (AvgIpc) is 2.73. The van der Waals surface area contributed by atoms with E-state index in [1.54, 1.807) is 0 Å². The summed E-state index contributed by atoms with van der Waals surface area (Å²) in [5.41, 5.74) is 2.19. The number of anilines is 2. The molecule has 4 heteroatoms. The number of nitrogens with one attached hydrogen (secondary N) is 2. The van der Waals surface area contributed by atoms with Crippen LogP contribution in [0.4, 0.5) is 11.4 Å². The molecular formula is C24H36N2O2. The third-order valence-corrected chi connectivity index (χ3v) is 4.46. The number of unbranched alkanes of at least 4 members (excludes halogenated alkanes) is 4. The van der Waals surface area contributed by atoms with Crippen molar-refractivity contribution in [2.45, 2.75) is 52.4 Å². The molecule has 2 rings (SSSR count).